The quantitative estimate of drug-likeness (QED) is 0.798. The topological polar surface area (TPSA) is 69.6 Å². The molecule has 0 unspecified atom stereocenters. The lowest BCUT2D eigenvalue weighted by Crippen LogP contribution is -2.27. The van der Waals surface area contributed by atoms with Gasteiger partial charge >= 0.3 is 0 Å². The highest BCUT2D eigenvalue weighted by Gasteiger charge is 2.15. The van der Waals surface area contributed by atoms with Crippen molar-refractivity contribution in [3.63, 3.8) is 0 Å². The third-order valence-corrected chi connectivity index (χ3v) is 3.84. The van der Waals surface area contributed by atoms with Crippen LogP contribution in [0.2, 0.25) is 0 Å². The van der Waals surface area contributed by atoms with Crippen molar-refractivity contribution in [2.24, 2.45) is 0 Å². The van der Waals surface area contributed by atoms with Crippen LogP contribution in [0, 0.1) is 6.92 Å². The zero-order valence-electron chi connectivity index (χ0n) is 10.3. The van der Waals surface area contributed by atoms with E-state index in [1.807, 2.05) is 25.9 Å². The van der Waals surface area contributed by atoms with Gasteiger partial charge in [0.05, 0.1) is 11.5 Å². The Morgan fingerprint density at radius 1 is 1.35 bits per heavy atom. The Morgan fingerprint density at radius 2 is 2.00 bits per heavy atom. The third-order valence-electron chi connectivity index (χ3n) is 2.38. The van der Waals surface area contributed by atoms with Crippen LogP contribution < -0.4 is 9.62 Å². The molecule has 96 valence electrons. The molecule has 0 heterocycles. The first kappa shape index (κ1) is 14.0. The number of rotatable bonds is 5. The van der Waals surface area contributed by atoms with Gasteiger partial charge in [-0.15, -0.1) is 0 Å². The van der Waals surface area contributed by atoms with E-state index in [2.05, 4.69) is 4.72 Å². The second-order valence-electron chi connectivity index (χ2n) is 3.96. The summed E-state index contributed by atoms with van der Waals surface area (Å²) in [6.45, 7) is 1.73. The van der Waals surface area contributed by atoms with Crippen LogP contribution in [0.5, 0.6) is 0 Å². The number of aliphatic hydroxyl groups excluding tert-OH is 1. The largest absolute Gasteiger partial charge is 0.395 e. The predicted molar refractivity (Wildman–Crippen MR) is 67.8 cm³/mol. The monoisotopic (exact) mass is 258 g/mol. The molecule has 0 aliphatic rings. The summed E-state index contributed by atoms with van der Waals surface area (Å²) in [6, 6.07) is 4.94. The van der Waals surface area contributed by atoms with Crippen molar-refractivity contribution >= 4 is 15.7 Å². The highest BCUT2D eigenvalue weighted by atomic mass is 32.2. The maximum atomic E-state index is 11.8. The van der Waals surface area contributed by atoms with Crippen molar-refractivity contribution in [3.8, 4) is 0 Å². The molecule has 2 N–H and O–H groups in total. The van der Waals surface area contributed by atoms with Gasteiger partial charge in [0.1, 0.15) is 0 Å². The fourth-order valence-corrected chi connectivity index (χ4v) is 2.54. The van der Waals surface area contributed by atoms with E-state index >= 15 is 0 Å². The Balaban J connectivity index is 3.11. The van der Waals surface area contributed by atoms with Crippen LogP contribution in [-0.4, -0.2) is 40.8 Å². The van der Waals surface area contributed by atoms with E-state index in [1.165, 1.54) is 0 Å². The molecule has 1 aromatic carbocycles. The van der Waals surface area contributed by atoms with Gasteiger partial charge in [-0.3, -0.25) is 0 Å². The Kier molecular flexibility index (Phi) is 4.50. The summed E-state index contributed by atoms with van der Waals surface area (Å²) in [6.07, 6.45) is 0. The lowest BCUT2D eigenvalue weighted by Gasteiger charge is -2.17. The fraction of sp³-hybridized carbons (Fsp3) is 0.455. The average Bonchev–Trinajstić information content (AvgIpc) is 2.26. The molecule has 0 aliphatic carbocycles. The first-order valence-corrected chi connectivity index (χ1v) is 6.75. The highest BCUT2D eigenvalue weighted by Crippen LogP contribution is 2.22. The number of nitrogens with zero attached hydrogens (tertiary/aromatic N) is 1. The molecule has 0 spiro atoms. The number of aliphatic hydroxyl groups is 1. The van der Waals surface area contributed by atoms with Gasteiger partial charge < -0.3 is 10.0 Å². The van der Waals surface area contributed by atoms with Crippen LogP contribution in [0.15, 0.2) is 23.1 Å². The number of hydrogen-bond acceptors (Lipinski definition) is 4. The van der Waals surface area contributed by atoms with Gasteiger partial charge in [-0.25, -0.2) is 13.1 Å². The summed E-state index contributed by atoms with van der Waals surface area (Å²) in [5.74, 6) is 0. The Hall–Kier alpha value is -1.11. The molecular weight excluding hydrogens is 240 g/mol. The number of sulfonamides is 1. The molecule has 0 saturated carbocycles. The minimum absolute atomic E-state index is 0.0213. The summed E-state index contributed by atoms with van der Waals surface area (Å²) in [5, 5.41) is 8.63. The number of benzene rings is 1. The maximum absolute atomic E-state index is 11.8. The minimum Gasteiger partial charge on any atom is -0.395 e. The number of anilines is 1. The van der Waals surface area contributed by atoms with E-state index in [-0.39, 0.29) is 18.0 Å². The summed E-state index contributed by atoms with van der Waals surface area (Å²) in [5.41, 5.74) is 1.87. The van der Waals surface area contributed by atoms with Crippen molar-refractivity contribution < 1.29 is 13.5 Å². The Morgan fingerprint density at radius 3 is 2.53 bits per heavy atom. The molecule has 0 bridgehead atoms. The predicted octanol–water partition coefficient (Wildman–Crippen LogP) is 0.332. The van der Waals surface area contributed by atoms with Gasteiger partial charge in [0.2, 0.25) is 10.0 Å². The van der Waals surface area contributed by atoms with Crippen molar-refractivity contribution in [2.45, 2.75) is 11.8 Å². The molecular formula is C11H18N2O3S. The first-order valence-electron chi connectivity index (χ1n) is 5.27. The first-order chi connectivity index (χ1) is 7.88. The second kappa shape index (κ2) is 5.48. The van der Waals surface area contributed by atoms with Gasteiger partial charge in [0.15, 0.2) is 0 Å². The van der Waals surface area contributed by atoms with E-state index in [0.29, 0.717) is 0 Å². The molecule has 6 heteroatoms. The van der Waals surface area contributed by atoms with Crippen molar-refractivity contribution in [3.05, 3.63) is 23.8 Å². The molecule has 1 rings (SSSR count). The number of hydrogen-bond donors (Lipinski definition) is 2. The Labute approximate surface area is 102 Å². The van der Waals surface area contributed by atoms with Crippen LogP contribution in [0.4, 0.5) is 5.69 Å². The smallest absolute Gasteiger partial charge is 0.240 e. The lowest BCUT2D eigenvalue weighted by atomic mass is 10.2. The fourth-order valence-electron chi connectivity index (χ4n) is 1.50. The van der Waals surface area contributed by atoms with Gasteiger partial charge in [-0.2, -0.15) is 0 Å². The molecule has 0 amide bonds. The van der Waals surface area contributed by atoms with Crippen molar-refractivity contribution in [2.75, 3.05) is 32.1 Å². The molecule has 17 heavy (non-hydrogen) atoms. The normalized spacial score (nSPS) is 11.5. The molecule has 5 nitrogen and oxygen atoms in total. The van der Waals surface area contributed by atoms with Gasteiger partial charge in [-0.1, -0.05) is 6.07 Å². The van der Waals surface area contributed by atoms with Crippen LogP contribution in [-0.2, 0) is 10.0 Å². The van der Waals surface area contributed by atoms with Crippen LogP contribution in [0.25, 0.3) is 0 Å². The molecule has 0 fully saturated rings. The summed E-state index contributed by atoms with van der Waals surface area (Å²) < 4.78 is 26.0. The van der Waals surface area contributed by atoms with Gasteiger partial charge in [-0.05, 0) is 24.6 Å². The van der Waals surface area contributed by atoms with E-state index in [9.17, 15) is 8.42 Å². The molecule has 0 aliphatic heterocycles. The zero-order valence-corrected chi connectivity index (χ0v) is 11.1. The second-order valence-corrected chi connectivity index (χ2v) is 5.73. The molecule has 0 aromatic heterocycles. The van der Waals surface area contributed by atoms with Crippen LogP contribution >= 0.6 is 0 Å². The molecule has 1 aromatic rings. The SMILES string of the molecule is Cc1ccc(S(=O)(=O)NCCO)cc1N(C)C. The lowest BCUT2D eigenvalue weighted by molar-refractivity contribution is 0.301. The average molecular weight is 258 g/mol. The van der Waals surface area contributed by atoms with Crippen molar-refractivity contribution in [1.82, 2.24) is 4.72 Å². The third kappa shape index (κ3) is 3.42. The van der Waals surface area contributed by atoms with Gasteiger partial charge in [0.25, 0.3) is 0 Å². The minimum atomic E-state index is -3.53. The van der Waals surface area contributed by atoms with Crippen LogP contribution in [0.3, 0.4) is 0 Å². The van der Waals surface area contributed by atoms with E-state index in [0.717, 1.165) is 11.3 Å². The zero-order chi connectivity index (χ0) is 13.1. The standard InChI is InChI=1S/C11H18N2O3S/c1-9-4-5-10(8-11(9)13(2)3)17(15,16)12-6-7-14/h4-5,8,12,14H,6-7H2,1-3H3. The van der Waals surface area contributed by atoms with Crippen molar-refractivity contribution in [1.29, 1.82) is 0 Å². The number of aryl methyl sites for hydroxylation is 1. The summed E-state index contributed by atoms with van der Waals surface area (Å²) in [4.78, 5) is 2.07. The highest BCUT2D eigenvalue weighted by molar-refractivity contribution is 7.89. The van der Waals surface area contributed by atoms with Crippen LogP contribution in [0.1, 0.15) is 5.56 Å². The van der Waals surface area contributed by atoms with Gasteiger partial charge in [0, 0.05) is 26.3 Å². The summed E-state index contributed by atoms with van der Waals surface area (Å²) >= 11 is 0. The molecule has 0 radical (unpaired) electrons. The Bertz CT molecular complexity index is 483. The molecule has 0 saturated heterocycles. The molecule has 0 atom stereocenters. The van der Waals surface area contributed by atoms with E-state index in [1.54, 1.807) is 18.2 Å². The maximum Gasteiger partial charge on any atom is 0.240 e. The van der Waals surface area contributed by atoms with E-state index < -0.39 is 10.0 Å². The number of nitrogens with one attached hydrogen (secondary N) is 1. The summed E-state index contributed by atoms with van der Waals surface area (Å²) in [7, 11) is 0.190. The van der Waals surface area contributed by atoms with E-state index in [4.69, 9.17) is 5.11 Å².